The van der Waals surface area contributed by atoms with Crippen molar-refractivity contribution < 1.29 is 0 Å². The van der Waals surface area contributed by atoms with E-state index in [0.717, 1.165) is 0 Å². The standard InChI is InChI=1S/2C20H18/c1-15-10-12-17(13-11-15)18-7-5-8-19(14-18)20-9-4-3-6-16(20)2;1-15-8-10-18(11-9-15)20-13-16(2)12-19(14-20)17-6-4-3-5-7-17/h2*3-14H,1-2H3. The van der Waals surface area contributed by atoms with E-state index in [4.69, 9.17) is 0 Å². The maximum absolute atomic E-state index is 2.27. The molecule has 0 radical (unpaired) electrons. The highest BCUT2D eigenvalue weighted by Gasteiger charge is 2.05. The molecule has 0 spiro atoms. The van der Waals surface area contributed by atoms with Crippen LogP contribution >= 0.6 is 0 Å². The topological polar surface area (TPSA) is 0 Å². The quantitative estimate of drug-likeness (QED) is 0.218. The highest BCUT2D eigenvalue weighted by molar-refractivity contribution is 5.75. The average Bonchev–Trinajstić information content (AvgIpc) is 2.99. The predicted molar refractivity (Wildman–Crippen MR) is 174 cm³/mol. The van der Waals surface area contributed by atoms with E-state index in [1.165, 1.54) is 66.8 Å². The molecule has 6 rings (SSSR count). The van der Waals surface area contributed by atoms with Crippen molar-refractivity contribution in [2.45, 2.75) is 27.7 Å². The van der Waals surface area contributed by atoms with Crippen molar-refractivity contribution in [3.8, 4) is 44.5 Å². The fraction of sp³-hybridized carbons (Fsp3) is 0.100. The van der Waals surface area contributed by atoms with E-state index in [-0.39, 0.29) is 0 Å². The first kappa shape index (κ1) is 26.9. The first-order valence-corrected chi connectivity index (χ1v) is 13.9. The molecule has 0 aliphatic carbocycles. The largest absolute Gasteiger partial charge is 0.0622 e. The Balaban J connectivity index is 0.000000161. The van der Waals surface area contributed by atoms with Gasteiger partial charge < -0.3 is 0 Å². The van der Waals surface area contributed by atoms with Gasteiger partial charge in [-0.2, -0.15) is 0 Å². The zero-order valence-electron chi connectivity index (χ0n) is 23.9. The smallest absolute Gasteiger partial charge is 0.0155 e. The molecule has 0 bridgehead atoms. The molecule has 0 atom stereocenters. The van der Waals surface area contributed by atoms with Crippen LogP contribution in [0, 0.1) is 27.7 Å². The molecule has 40 heavy (non-hydrogen) atoms. The van der Waals surface area contributed by atoms with Crippen LogP contribution in [0.2, 0.25) is 0 Å². The normalized spacial score (nSPS) is 10.5. The van der Waals surface area contributed by atoms with Crippen molar-refractivity contribution in [3.63, 3.8) is 0 Å². The zero-order chi connectivity index (χ0) is 27.9. The molecular weight excluding hydrogens is 480 g/mol. The minimum Gasteiger partial charge on any atom is -0.0622 e. The van der Waals surface area contributed by atoms with Gasteiger partial charge in [0.2, 0.25) is 0 Å². The molecule has 0 aliphatic heterocycles. The molecule has 0 heterocycles. The van der Waals surface area contributed by atoms with Crippen LogP contribution in [0.5, 0.6) is 0 Å². The summed E-state index contributed by atoms with van der Waals surface area (Å²) in [4.78, 5) is 0. The summed E-state index contributed by atoms with van der Waals surface area (Å²) in [7, 11) is 0. The average molecular weight is 517 g/mol. The van der Waals surface area contributed by atoms with Crippen LogP contribution in [0.15, 0.2) is 146 Å². The van der Waals surface area contributed by atoms with Crippen LogP contribution in [0.25, 0.3) is 44.5 Å². The number of aryl methyl sites for hydroxylation is 4. The number of hydrogen-bond donors (Lipinski definition) is 0. The maximum atomic E-state index is 2.27. The van der Waals surface area contributed by atoms with Crippen molar-refractivity contribution in [1.82, 2.24) is 0 Å². The van der Waals surface area contributed by atoms with Gasteiger partial charge in [0.15, 0.2) is 0 Å². The van der Waals surface area contributed by atoms with Gasteiger partial charge in [0.1, 0.15) is 0 Å². The van der Waals surface area contributed by atoms with Crippen LogP contribution in [0.1, 0.15) is 22.3 Å². The molecule has 0 aliphatic rings. The van der Waals surface area contributed by atoms with E-state index in [1.807, 2.05) is 0 Å². The van der Waals surface area contributed by atoms with Crippen LogP contribution in [0.3, 0.4) is 0 Å². The SMILES string of the molecule is Cc1ccc(-c2cc(C)cc(-c3ccccc3)c2)cc1.Cc1ccc(-c2cccc(-c3ccccc3C)c2)cc1. The van der Waals surface area contributed by atoms with Gasteiger partial charge in [-0.25, -0.2) is 0 Å². The Kier molecular flexibility index (Phi) is 8.38. The molecule has 0 saturated heterocycles. The van der Waals surface area contributed by atoms with E-state index in [9.17, 15) is 0 Å². The minimum atomic E-state index is 1.27. The fourth-order valence-corrected chi connectivity index (χ4v) is 5.00. The lowest BCUT2D eigenvalue weighted by Gasteiger charge is -2.09. The fourth-order valence-electron chi connectivity index (χ4n) is 5.00. The molecule has 0 amide bonds. The van der Waals surface area contributed by atoms with Crippen molar-refractivity contribution in [3.05, 3.63) is 168 Å². The summed E-state index contributed by atoms with van der Waals surface area (Å²) in [6.07, 6.45) is 0. The highest BCUT2D eigenvalue weighted by Crippen LogP contribution is 2.29. The Morgan fingerprint density at radius 2 is 0.725 bits per heavy atom. The monoisotopic (exact) mass is 516 g/mol. The Morgan fingerprint density at radius 1 is 0.275 bits per heavy atom. The molecule has 0 nitrogen and oxygen atoms in total. The molecule has 6 aromatic rings. The summed E-state index contributed by atoms with van der Waals surface area (Å²) in [5.41, 5.74) is 15.4. The van der Waals surface area contributed by atoms with E-state index < -0.39 is 0 Å². The van der Waals surface area contributed by atoms with E-state index in [0.29, 0.717) is 0 Å². The molecule has 0 fully saturated rings. The second-order valence-corrected chi connectivity index (χ2v) is 10.6. The third-order valence-corrected chi connectivity index (χ3v) is 7.27. The van der Waals surface area contributed by atoms with E-state index in [2.05, 4.69) is 173 Å². The Bertz CT molecular complexity index is 1690. The predicted octanol–water partition coefficient (Wildman–Crippen LogP) is 11.3. The summed E-state index contributed by atoms with van der Waals surface area (Å²) in [6.45, 7) is 8.56. The molecule has 6 aromatic carbocycles. The second kappa shape index (κ2) is 12.5. The van der Waals surface area contributed by atoms with Crippen LogP contribution in [-0.4, -0.2) is 0 Å². The molecule has 0 aromatic heterocycles. The summed E-state index contributed by atoms with van der Waals surface area (Å²) in [6, 6.07) is 52.0. The minimum absolute atomic E-state index is 1.27. The lowest BCUT2D eigenvalue weighted by molar-refractivity contribution is 1.44. The summed E-state index contributed by atoms with van der Waals surface area (Å²) >= 11 is 0. The van der Waals surface area contributed by atoms with Crippen LogP contribution in [-0.2, 0) is 0 Å². The van der Waals surface area contributed by atoms with Crippen molar-refractivity contribution in [2.75, 3.05) is 0 Å². The molecule has 0 heteroatoms. The van der Waals surface area contributed by atoms with Gasteiger partial charge >= 0.3 is 0 Å². The third kappa shape index (κ3) is 6.65. The van der Waals surface area contributed by atoms with Crippen molar-refractivity contribution >= 4 is 0 Å². The summed E-state index contributed by atoms with van der Waals surface area (Å²) < 4.78 is 0. The summed E-state index contributed by atoms with van der Waals surface area (Å²) in [5, 5.41) is 0. The van der Waals surface area contributed by atoms with Gasteiger partial charge in [0.05, 0.1) is 0 Å². The maximum Gasteiger partial charge on any atom is -0.0155 e. The lowest BCUT2D eigenvalue weighted by Crippen LogP contribution is -1.84. The highest BCUT2D eigenvalue weighted by atomic mass is 14.1. The molecule has 0 saturated carbocycles. The van der Waals surface area contributed by atoms with Gasteiger partial charge in [-0.15, -0.1) is 0 Å². The molecule has 0 N–H and O–H groups in total. The first-order valence-electron chi connectivity index (χ1n) is 13.9. The van der Waals surface area contributed by atoms with Crippen LogP contribution in [0.4, 0.5) is 0 Å². The van der Waals surface area contributed by atoms with Crippen molar-refractivity contribution in [1.29, 1.82) is 0 Å². The number of benzene rings is 6. The molecular formula is C40H36. The zero-order valence-corrected chi connectivity index (χ0v) is 23.9. The number of rotatable bonds is 4. The first-order chi connectivity index (χ1) is 19.5. The Morgan fingerprint density at radius 3 is 1.32 bits per heavy atom. The van der Waals surface area contributed by atoms with Gasteiger partial charge in [-0.05, 0) is 95.5 Å². The number of hydrogen-bond acceptors (Lipinski definition) is 0. The van der Waals surface area contributed by atoms with Gasteiger partial charge in [-0.1, -0.05) is 145 Å². The Labute approximate surface area is 239 Å². The third-order valence-electron chi connectivity index (χ3n) is 7.27. The molecule has 0 unspecified atom stereocenters. The van der Waals surface area contributed by atoms with Crippen LogP contribution < -0.4 is 0 Å². The molecule has 196 valence electrons. The summed E-state index contributed by atoms with van der Waals surface area (Å²) in [5.74, 6) is 0. The van der Waals surface area contributed by atoms with Gasteiger partial charge in [0, 0.05) is 0 Å². The van der Waals surface area contributed by atoms with E-state index in [1.54, 1.807) is 0 Å². The van der Waals surface area contributed by atoms with E-state index >= 15 is 0 Å². The lowest BCUT2D eigenvalue weighted by atomic mass is 9.96. The Hall–Kier alpha value is -4.68. The second-order valence-electron chi connectivity index (χ2n) is 10.6. The van der Waals surface area contributed by atoms with Gasteiger partial charge in [-0.3, -0.25) is 0 Å². The van der Waals surface area contributed by atoms with Gasteiger partial charge in [0.25, 0.3) is 0 Å². The van der Waals surface area contributed by atoms with Crippen molar-refractivity contribution in [2.24, 2.45) is 0 Å².